The van der Waals surface area contributed by atoms with Crippen molar-refractivity contribution in [2.75, 3.05) is 23.5 Å². The van der Waals surface area contributed by atoms with Crippen LogP contribution in [0.4, 0.5) is 15.6 Å². The van der Waals surface area contributed by atoms with E-state index in [1.54, 1.807) is 31.4 Å². The van der Waals surface area contributed by atoms with Crippen molar-refractivity contribution in [2.24, 2.45) is 0 Å². The van der Waals surface area contributed by atoms with Crippen molar-refractivity contribution in [3.8, 4) is 5.75 Å². The molecule has 2 amide bonds. The molecule has 0 spiro atoms. The summed E-state index contributed by atoms with van der Waals surface area (Å²) in [6.07, 6.45) is 0. The molecule has 3 aromatic rings. The Bertz CT molecular complexity index is 956. The van der Waals surface area contributed by atoms with E-state index in [1.807, 2.05) is 31.2 Å². The van der Waals surface area contributed by atoms with Crippen LogP contribution in [-0.4, -0.2) is 34.9 Å². The van der Waals surface area contributed by atoms with Crippen LogP contribution in [0.15, 0.2) is 52.9 Å². The number of Topliss-reactive ketones (excluding diaryl/α,β-unsaturated/α-hetero) is 1. The van der Waals surface area contributed by atoms with Crippen LogP contribution in [0.25, 0.3) is 0 Å². The number of urea groups is 1. The Kier molecular flexibility index (Phi) is 6.62. The topological polar surface area (TPSA) is 93.2 Å². The zero-order valence-corrected chi connectivity index (χ0v) is 16.9. The second-order valence-corrected chi connectivity index (χ2v) is 7.96. The first-order valence-electron chi connectivity index (χ1n) is 8.32. The number of nitrogens with zero attached hydrogens (tertiary/aromatic N) is 2. The number of ketones is 1. The number of carbonyl (C=O) groups excluding carboxylic acids is 2. The van der Waals surface area contributed by atoms with Crippen molar-refractivity contribution in [2.45, 2.75) is 11.3 Å². The van der Waals surface area contributed by atoms with E-state index in [1.165, 1.54) is 23.1 Å². The molecule has 0 saturated heterocycles. The maximum atomic E-state index is 12.2. The maximum Gasteiger partial charge on any atom is 0.325 e. The smallest absolute Gasteiger partial charge is 0.325 e. The van der Waals surface area contributed by atoms with Crippen LogP contribution in [0.5, 0.6) is 5.75 Å². The van der Waals surface area contributed by atoms with Gasteiger partial charge in [-0.1, -0.05) is 40.8 Å². The van der Waals surface area contributed by atoms with Gasteiger partial charge < -0.3 is 10.1 Å². The molecule has 0 unspecified atom stereocenters. The number of carbonyl (C=O) groups is 2. The maximum absolute atomic E-state index is 12.2. The molecule has 9 heteroatoms. The number of hydrogen-bond donors (Lipinski definition) is 2. The minimum atomic E-state index is -0.397. The first kappa shape index (κ1) is 19.8. The summed E-state index contributed by atoms with van der Waals surface area (Å²) in [5.74, 6) is 0.915. The van der Waals surface area contributed by atoms with E-state index in [0.717, 1.165) is 5.56 Å². The second-order valence-electron chi connectivity index (χ2n) is 5.76. The number of aryl methyl sites for hydroxylation is 1. The van der Waals surface area contributed by atoms with Gasteiger partial charge in [-0.15, -0.1) is 10.2 Å². The van der Waals surface area contributed by atoms with Crippen LogP contribution in [0.3, 0.4) is 0 Å². The van der Waals surface area contributed by atoms with Gasteiger partial charge >= 0.3 is 6.03 Å². The quantitative estimate of drug-likeness (QED) is 0.336. The number of rotatable bonds is 7. The third kappa shape index (κ3) is 5.54. The fraction of sp³-hybridized carbons (Fsp3) is 0.158. The number of anilines is 2. The molecule has 0 radical (unpaired) electrons. The first-order valence-corrected chi connectivity index (χ1v) is 10.1. The van der Waals surface area contributed by atoms with Crippen molar-refractivity contribution in [3.05, 3.63) is 59.7 Å². The van der Waals surface area contributed by atoms with E-state index >= 15 is 0 Å². The van der Waals surface area contributed by atoms with Gasteiger partial charge in [-0.25, -0.2) is 4.79 Å². The molecule has 2 N–H and O–H groups in total. The largest absolute Gasteiger partial charge is 0.497 e. The Hall–Kier alpha value is -2.91. The number of nitrogens with one attached hydrogen (secondary N) is 2. The van der Waals surface area contributed by atoms with Crippen molar-refractivity contribution in [1.82, 2.24) is 10.2 Å². The Labute approximate surface area is 170 Å². The van der Waals surface area contributed by atoms with Gasteiger partial charge in [0, 0.05) is 11.3 Å². The molecule has 2 aromatic carbocycles. The van der Waals surface area contributed by atoms with Gasteiger partial charge in [0.05, 0.1) is 12.9 Å². The number of methoxy groups -OCH3 is 1. The normalized spacial score (nSPS) is 10.4. The Morgan fingerprint density at radius 2 is 1.75 bits per heavy atom. The molecule has 0 aliphatic rings. The van der Waals surface area contributed by atoms with E-state index in [4.69, 9.17) is 4.74 Å². The number of benzene rings is 2. The SMILES string of the molecule is COc1ccc(C(=O)CSc2nnc(NC(=O)Nc3ccc(C)cc3)s2)cc1. The predicted molar refractivity (Wildman–Crippen MR) is 112 cm³/mol. The van der Waals surface area contributed by atoms with Gasteiger partial charge in [-0.2, -0.15) is 0 Å². The van der Waals surface area contributed by atoms with Crippen LogP contribution < -0.4 is 15.4 Å². The van der Waals surface area contributed by atoms with E-state index in [2.05, 4.69) is 20.8 Å². The summed E-state index contributed by atoms with van der Waals surface area (Å²) in [4.78, 5) is 24.3. The lowest BCUT2D eigenvalue weighted by Crippen LogP contribution is -2.19. The van der Waals surface area contributed by atoms with Crippen molar-refractivity contribution < 1.29 is 14.3 Å². The van der Waals surface area contributed by atoms with Crippen molar-refractivity contribution in [1.29, 1.82) is 0 Å². The molecule has 1 aromatic heterocycles. The summed E-state index contributed by atoms with van der Waals surface area (Å²) >= 11 is 2.49. The van der Waals surface area contributed by atoms with Gasteiger partial charge in [0.25, 0.3) is 0 Å². The molecule has 28 heavy (non-hydrogen) atoms. The summed E-state index contributed by atoms with van der Waals surface area (Å²) in [5.41, 5.74) is 2.40. The van der Waals surface area contributed by atoms with Crippen molar-refractivity contribution >= 4 is 45.7 Å². The predicted octanol–water partition coefficient (Wildman–Crippen LogP) is 4.47. The molecule has 0 saturated carbocycles. The van der Waals surface area contributed by atoms with Gasteiger partial charge in [0.15, 0.2) is 10.1 Å². The van der Waals surface area contributed by atoms with Crippen LogP contribution in [0.1, 0.15) is 15.9 Å². The molecule has 144 valence electrons. The lowest BCUT2D eigenvalue weighted by Gasteiger charge is -2.05. The van der Waals surface area contributed by atoms with E-state index < -0.39 is 6.03 Å². The highest BCUT2D eigenvalue weighted by atomic mass is 32.2. The molecule has 0 fully saturated rings. The Balaban J connectivity index is 1.49. The van der Waals surface area contributed by atoms with Crippen LogP contribution in [-0.2, 0) is 0 Å². The molecule has 0 atom stereocenters. The molecule has 7 nitrogen and oxygen atoms in total. The molecule has 1 heterocycles. The highest BCUT2D eigenvalue weighted by Gasteiger charge is 2.12. The molecular formula is C19H18N4O3S2. The molecule has 0 aliphatic heterocycles. The number of amides is 2. The fourth-order valence-corrected chi connectivity index (χ4v) is 3.84. The summed E-state index contributed by atoms with van der Waals surface area (Å²) in [7, 11) is 1.58. The summed E-state index contributed by atoms with van der Waals surface area (Å²) in [6, 6.07) is 14.0. The van der Waals surface area contributed by atoms with Crippen molar-refractivity contribution in [3.63, 3.8) is 0 Å². The lowest BCUT2D eigenvalue weighted by atomic mass is 10.1. The molecule has 3 rings (SSSR count). The standard InChI is InChI=1S/C19H18N4O3S2/c1-12-3-7-14(8-4-12)20-17(25)21-18-22-23-19(28-18)27-11-16(24)13-5-9-15(26-2)10-6-13/h3-10H,11H2,1-2H3,(H2,20,21,22,25). The van der Waals surface area contributed by atoms with Gasteiger partial charge in [0.1, 0.15) is 5.75 Å². The molecule has 0 aliphatic carbocycles. The third-order valence-electron chi connectivity index (χ3n) is 3.68. The summed E-state index contributed by atoms with van der Waals surface area (Å²) in [5, 5.41) is 13.7. The molecule has 0 bridgehead atoms. The highest BCUT2D eigenvalue weighted by molar-refractivity contribution is 8.01. The van der Waals surface area contributed by atoms with Gasteiger partial charge in [0.2, 0.25) is 5.13 Å². The Morgan fingerprint density at radius 1 is 1.04 bits per heavy atom. The van der Waals surface area contributed by atoms with Gasteiger partial charge in [-0.3, -0.25) is 10.1 Å². The number of ether oxygens (including phenoxy) is 1. The van der Waals surface area contributed by atoms with Crippen LogP contribution in [0, 0.1) is 6.92 Å². The average Bonchev–Trinajstić information content (AvgIpc) is 3.15. The minimum absolute atomic E-state index is 0.0190. The molecular weight excluding hydrogens is 396 g/mol. The monoisotopic (exact) mass is 414 g/mol. The number of aromatic nitrogens is 2. The lowest BCUT2D eigenvalue weighted by molar-refractivity contribution is 0.102. The first-order chi connectivity index (χ1) is 13.5. The van der Waals surface area contributed by atoms with Crippen LogP contribution >= 0.6 is 23.1 Å². The minimum Gasteiger partial charge on any atom is -0.497 e. The van der Waals surface area contributed by atoms with E-state index in [0.29, 0.717) is 26.5 Å². The zero-order valence-electron chi connectivity index (χ0n) is 15.3. The highest BCUT2D eigenvalue weighted by Crippen LogP contribution is 2.26. The summed E-state index contributed by atoms with van der Waals surface area (Å²) < 4.78 is 5.69. The third-order valence-corrected chi connectivity index (χ3v) is 5.65. The average molecular weight is 415 g/mol. The van der Waals surface area contributed by atoms with Gasteiger partial charge in [-0.05, 0) is 43.3 Å². The van der Waals surface area contributed by atoms with E-state index in [9.17, 15) is 9.59 Å². The fourth-order valence-electron chi connectivity index (χ4n) is 2.20. The number of thioether (sulfide) groups is 1. The zero-order chi connectivity index (χ0) is 19.9. The number of hydrogen-bond acceptors (Lipinski definition) is 7. The second kappa shape index (κ2) is 9.34. The van der Waals surface area contributed by atoms with Crippen LogP contribution in [0.2, 0.25) is 0 Å². The summed E-state index contributed by atoms with van der Waals surface area (Å²) in [6.45, 7) is 1.98. The Morgan fingerprint density at radius 3 is 2.43 bits per heavy atom. The van der Waals surface area contributed by atoms with E-state index in [-0.39, 0.29) is 11.5 Å².